The minimum Gasteiger partial charge on any atom is -0.332 e. The van der Waals surface area contributed by atoms with Crippen LogP contribution in [-0.2, 0) is 16.0 Å². The smallest absolute Gasteiger partial charge is 0.230 e. The molecule has 6 heteroatoms. The molecule has 0 bridgehead atoms. The minimum absolute atomic E-state index is 0.00318. The van der Waals surface area contributed by atoms with Crippen molar-refractivity contribution in [3.05, 3.63) is 72.3 Å². The molecule has 0 fully saturated rings. The fourth-order valence-corrected chi connectivity index (χ4v) is 3.62. The van der Waals surface area contributed by atoms with Crippen LogP contribution in [0.4, 0.5) is 11.4 Å². The van der Waals surface area contributed by atoms with E-state index in [1.54, 1.807) is 6.07 Å². The van der Waals surface area contributed by atoms with Crippen molar-refractivity contribution in [1.29, 1.82) is 0 Å². The molecule has 5 nitrogen and oxygen atoms in total. The molecule has 0 aromatic heterocycles. The lowest BCUT2D eigenvalue weighted by molar-refractivity contribution is -0.119. The Morgan fingerprint density at radius 1 is 0.839 bits per heavy atom. The summed E-state index contributed by atoms with van der Waals surface area (Å²) in [4.78, 5) is 24.5. The van der Waals surface area contributed by atoms with Gasteiger partial charge in [0.25, 0.3) is 0 Å². The minimum atomic E-state index is -0.186. The standard InChI is InChI=1S/C25H27N3O2S/c1-2-3-4-15-23(29)26-20-12-8-13-21(17-20)27-25(31)28-24(30)16-19-11-7-10-18-9-5-6-14-22(18)19/h5-14,17H,2-4,15-16H2,1H3,(H,26,29)(H2,27,28,30,31). The number of benzene rings is 3. The molecule has 0 aliphatic carbocycles. The number of thiocarbonyl (C=S) groups is 1. The van der Waals surface area contributed by atoms with E-state index >= 15 is 0 Å². The Kier molecular flexibility index (Phi) is 8.12. The summed E-state index contributed by atoms with van der Waals surface area (Å²) in [6.45, 7) is 2.11. The van der Waals surface area contributed by atoms with E-state index in [1.807, 2.05) is 60.7 Å². The molecular weight excluding hydrogens is 406 g/mol. The molecular formula is C25H27N3O2S. The lowest BCUT2D eigenvalue weighted by atomic mass is 10.0. The molecule has 0 aliphatic heterocycles. The first kappa shape index (κ1) is 22.4. The molecule has 31 heavy (non-hydrogen) atoms. The van der Waals surface area contributed by atoms with Crippen LogP contribution in [0.1, 0.15) is 38.2 Å². The number of hydrogen-bond acceptors (Lipinski definition) is 3. The van der Waals surface area contributed by atoms with Crippen LogP contribution in [0.15, 0.2) is 66.7 Å². The van der Waals surface area contributed by atoms with Crippen LogP contribution < -0.4 is 16.0 Å². The molecule has 3 rings (SSSR count). The van der Waals surface area contributed by atoms with Gasteiger partial charge in [0, 0.05) is 17.8 Å². The first-order chi connectivity index (χ1) is 15.0. The molecule has 0 spiro atoms. The van der Waals surface area contributed by atoms with Gasteiger partial charge < -0.3 is 16.0 Å². The summed E-state index contributed by atoms with van der Waals surface area (Å²) < 4.78 is 0. The predicted octanol–water partition coefficient (Wildman–Crippen LogP) is 5.41. The number of rotatable bonds is 8. The number of amides is 2. The third-order valence-electron chi connectivity index (χ3n) is 4.90. The lowest BCUT2D eigenvalue weighted by Crippen LogP contribution is -2.35. The van der Waals surface area contributed by atoms with Gasteiger partial charge in [-0.1, -0.05) is 68.3 Å². The van der Waals surface area contributed by atoms with E-state index in [0.717, 1.165) is 35.6 Å². The van der Waals surface area contributed by atoms with Crippen LogP contribution >= 0.6 is 12.2 Å². The second kappa shape index (κ2) is 11.2. The monoisotopic (exact) mass is 433 g/mol. The van der Waals surface area contributed by atoms with Crippen molar-refractivity contribution >= 4 is 51.3 Å². The Balaban J connectivity index is 1.54. The highest BCUT2D eigenvalue weighted by atomic mass is 32.1. The predicted molar refractivity (Wildman–Crippen MR) is 131 cm³/mol. The Hall–Kier alpha value is -3.25. The number of hydrogen-bond donors (Lipinski definition) is 3. The highest BCUT2D eigenvalue weighted by Crippen LogP contribution is 2.19. The first-order valence-electron chi connectivity index (χ1n) is 10.5. The van der Waals surface area contributed by atoms with Crippen molar-refractivity contribution in [3.63, 3.8) is 0 Å². The highest BCUT2D eigenvalue weighted by Gasteiger charge is 2.09. The molecule has 0 saturated carbocycles. The number of carbonyl (C=O) groups is 2. The van der Waals surface area contributed by atoms with Gasteiger partial charge in [0.1, 0.15) is 0 Å². The van der Waals surface area contributed by atoms with Crippen LogP contribution in [0, 0.1) is 0 Å². The Morgan fingerprint density at radius 3 is 2.35 bits per heavy atom. The summed E-state index contributed by atoms with van der Waals surface area (Å²) in [5, 5.41) is 11.0. The normalized spacial score (nSPS) is 10.5. The van der Waals surface area contributed by atoms with Crippen molar-refractivity contribution < 1.29 is 9.59 Å². The van der Waals surface area contributed by atoms with E-state index in [2.05, 4.69) is 22.9 Å². The first-order valence-corrected chi connectivity index (χ1v) is 10.9. The molecule has 2 amide bonds. The SMILES string of the molecule is CCCCCC(=O)Nc1cccc(NC(=S)NC(=O)Cc2cccc3ccccc23)c1. The van der Waals surface area contributed by atoms with Gasteiger partial charge in [-0.25, -0.2) is 0 Å². The fraction of sp³-hybridized carbons (Fsp3) is 0.240. The van der Waals surface area contributed by atoms with Gasteiger partial charge in [-0.15, -0.1) is 0 Å². The molecule has 0 radical (unpaired) electrons. The number of fused-ring (bicyclic) bond motifs is 1. The molecule has 3 N–H and O–H groups in total. The average Bonchev–Trinajstić information content (AvgIpc) is 2.74. The molecule has 0 heterocycles. The van der Waals surface area contributed by atoms with E-state index in [1.165, 1.54) is 0 Å². The molecule has 3 aromatic carbocycles. The van der Waals surface area contributed by atoms with Gasteiger partial charge in [-0.3, -0.25) is 9.59 Å². The summed E-state index contributed by atoms with van der Waals surface area (Å²) in [5.41, 5.74) is 2.34. The zero-order valence-electron chi connectivity index (χ0n) is 17.6. The maximum absolute atomic E-state index is 12.5. The van der Waals surface area contributed by atoms with Gasteiger partial charge in [0.15, 0.2) is 5.11 Å². The van der Waals surface area contributed by atoms with Crippen LogP contribution in [0.25, 0.3) is 10.8 Å². The topological polar surface area (TPSA) is 70.2 Å². The van der Waals surface area contributed by atoms with Crippen LogP contribution in [0.2, 0.25) is 0 Å². The van der Waals surface area contributed by atoms with Gasteiger partial charge in [0.05, 0.1) is 6.42 Å². The van der Waals surface area contributed by atoms with E-state index < -0.39 is 0 Å². The molecule has 0 unspecified atom stereocenters. The zero-order chi connectivity index (χ0) is 22.1. The number of unbranched alkanes of at least 4 members (excludes halogenated alkanes) is 2. The van der Waals surface area contributed by atoms with E-state index in [0.29, 0.717) is 17.8 Å². The van der Waals surface area contributed by atoms with Crippen LogP contribution in [-0.4, -0.2) is 16.9 Å². The second-order valence-electron chi connectivity index (χ2n) is 7.40. The van der Waals surface area contributed by atoms with Crippen molar-refractivity contribution in [1.82, 2.24) is 5.32 Å². The molecule has 160 valence electrons. The summed E-state index contributed by atoms with van der Waals surface area (Å²) in [6.07, 6.45) is 3.75. The largest absolute Gasteiger partial charge is 0.332 e. The maximum atomic E-state index is 12.5. The molecule has 3 aromatic rings. The van der Waals surface area contributed by atoms with E-state index in [-0.39, 0.29) is 23.3 Å². The van der Waals surface area contributed by atoms with Crippen molar-refractivity contribution in [2.24, 2.45) is 0 Å². The third kappa shape index (κ3) is 6.89. The molecule has 0 aliphatic rings. The van der Waals surface area contributed by atoms with Gasteiger partial charge >= 0.3 is 0 Å². The van der Waals surface area contributed by atoms with Crippen LogP contribution in [0.5, 0.6) is 0 Å². The summed E-state index contributed by atoms with van der Waals surface area (Å²) in [5.74, 6) is -0.189. The highest BCUT2D eigenvalue weighted by molar-refractivity contribution is 7.80. The third-order valence-corrected chi connectivity index (χ3v) is 5.10. The van der Waals surface area contributed by atoms with Gasteiger partial charge in [-0.2, -0.15) is 0 Å². The van der Waals surface area contributed by atoms with Gasteiger partial charge in [0.2, 0.25) is 11.8 Å². The van der Waals surface area contributed by atoms with Crippen LogP contribution in [0.3, 0.4) is 0 Å². The van der Waals surface area contributed by atoms with E-state index in [9.17, 15) is 9.59 Å². The number of carbonyl (C=O) groups excluding carboxylic acids is 2. The number of nitrogens with one attached hydrogen (secondary N) is 3. The molecule has 0 saturated heterocycles. The van der Waals surface area contributed by atoms with Crippen molar-refractivity contribution in [2.45, 2.75) is 39.0 Å². The Morgan fingerprint density at radius 2 is 1.55 bits per heavy atom. The summed E-state index contributed by atoms with van der Waals surface area (Å²) >= 11 is 5.30. The Labute approximate surface area is 188 Å². The summed E-state index contributed by atoms with van der Waals surface area (Å²) in [7, 11) is 0. The maximum Gasteiger partial charge on any atom is 0.230 e. The van der Waals surface area contributed by atoms with Crippen molar-refractivity contribution in [3.8, 4) is 0 Å². The second-order valence-corrected chi connectivity index (χ2v) is 7.81. The number of anilines is 2. The van der Waals surface area contributed by atoms with Crippen molar-refractivity contribution in [2.75, 3.05) is 10.6 Å². The van der Waals surface area contributed by atoms with Gasteiger partial charge in [-0.05, 0) is 53.2 Å². The fourth-order valence-electron chi connectivity index (χ4n) is 3.39. The molecule has 0 atom stereocenters. The summed E-state index contributed by atoms with van der Waals surface area (Å²) in [6, 6.07) is 21.2. The lowest BCUT2D eigenvalue weighted by Gasteiger charge is -2.12. The Bertz CT molecular complexity index is 1080. The average molecular weight is 434 g/mol. The quantitative estimate of drug-likeness (QED) is 0.328. The van der Waals surface area contributed by atoms with E-state index in [4.69, 9.17) is 12.2 Å². The zero-order valence-corrected chi connectivity index (χ0v) is 18.4.